The molecular weight excluding hydrogens is 188 g/mol. The summed E-state index contributed by atoms with van der Waals surface area (Å²) in [6.07, 6.45) is 0.901. The highest BCUT2D eigenvalue weighted by Crippen LogP contribution is 2.01. The maximum absolute atomic E-state index is 5.53. The fourth-order valence-electron chi connectivity index (χ4n) is 0.799. The van der Waals surface area contributed by atoms with Crippen molar-refractivity contribution in [3.05, 3.63) is 11.4 Å². The van der Waals surface area contributed by atoms with Crippen molar-refractivity contribution in [2.75, 3.05) is 17.7 Å². The number of alkyl halides is 1. The summed E-state index contributed by atoms with van der Waals surface area (Å²) in [4.78, 5) is 4.22. The predicted octanol–water partition coefficient (Wildman–Crippen LogP) is 1.53. The second kappa shape index (κ2) is 4.97. The third-order valence-corrected chi connectivity index (χ3v) is 1.95. The van der Waals surface area contributed by atoms with Crippen molar-refractivity contribution in [2.24, 2.45) is 0 Å². The molecule has 0 atom stereocenters. The average molecular weight is 201 g/mol. The molecule has 0 aliphatic carbocycles. The summed E-state index contributed by atoms with van der Waals surface area (Å²) >= 11 is 5.53. The Morgan fingerprint density at radius 1 is 1.23 bits per heavy atom. The number of hydrogen-bond donors (Lipinski definition) is 1. The Morgan fingerprint density at radius 2 is 2.00 bits per heavy atom. The highest BCUT2D eigenvalue weighted by Gasteiger charge is 1.99. The zero-order chi connectivity index (χ0) is 9.68. The van der Waals surface area contributed by atoms with Gasteiger partial charge >= 0.3 is 0 Å². The molecule has 1 aromatic heterocycles. The van der Waals surface area contributed by atoms with Gasteiger partial charge in [0, 0.05) is 12.4 Å². The fourth-order valence-corrected chi connectivity index (χ4v) is 0.932. The Morgan fingerprint density at radius 3 is 2.62 bits per heavy atom. The molecule has 0 aliphatic rings. The van der Waals surface area contributed by atoms with Crippen LogP contribution in [-0.4, -0.2) is 27.6 Å². The fraction of sp³-hybridized carbons (Fsp3) is 0.625. The largest absolute Gasteiger partial charge is 0.353 e. The van der Waals surface area contributed by atoms with E-state index in [0.29, 0.717) is 11.8 Å². The van der Waals surface area contributed by atoms with E-state index in [4.69, 9.17) is 11.6 Å². The molecule has 1 aromatic rings. The zero-order valence-corrected chi connectivity index (χ0v) is 8.60. The molecule has 0 amide bonds. The van der Waals surface area contributed by atoms with Crippen molar-refractivity contribution in [2.45, 2.75) is 20.3 Å². The molecule has 1 heterocycles. The third-order valence-electron chi connectivity index (χ3n) is 1.69. The lowest BCUT2D eigenvalue weighted by Gasteiger charge is -2.03. The molecule has 1 N–H and O–H groups in total. The second-order valence-electron chi connectivity index (χ2n) is 2.78. The molecule has 72 valence electrons. The Bertz CT molecular complexity index is 277. The predicted molar refractivity (Wildman–Crippen MR) is 53.1 cm³/mol. The molecule has 0 fully saturated rings. The maximum atomic E-state index is 5.53. The lowest BCUT2D eigenvalue weighted by molar-refractivity contribution is 0.872. The number of aromatic nitrogens is 3. The molecule has 4 nitrogen and oxygen atoms in total. The van der Waals surface area contributed by atoms with Crippen molar-refractivity contribution in [3.63, 3.8) is 0 Å². The molecule has 0 saturated carbocycles. The van der Waals surface area contributed by atoms with Crippen LogP contribution in [0.15, 0.2) is 0 Å². The zero-order valence-electron chi connectivity index (χ0n) is 7.84. The van der Waals surface area contributed by atoms with Gasteiger partial charge in [0.05, 0.1) is 11.4 Å². The van der Waals surface area contributed by atoms with Crippen LogP contribution in [0.5, 0.6) is 0 Å². The molecule has 0 radical (unpaired) electrons. The minimum absolute atomic E-state index is 0.577. The van der Waals surface area contributed by atoms with Crippen LogP contribution in [0, 0.1) is 13.8 Å². The van der Waals surface area contributed by atoms with Gasteiger partial charge in [-0.05, 0) is 20.3 Å². The van der Waals surface area contributed by atoms with Crippen molar-refractivity contribution in [1.82, 2.24) is 15.2 Å². The summed E-state index contributed by atoms with van der Waals surface area (Å²) in [6.45, 7) is 4.59. The van der Waals surface area contributed by atoms with Crippen LogP contribution in [0.4, 0.5) is 5.95 Å². The minimum Gasteiger partial charge on any atom is -0.353 e. The lowest BCUT2D eigenvalue weighted by atomic mass is 10.4. The number of aryl methyl sites for hydroxylation is 2. The summed E-state index contributed by atoms with van der Waals surface area (Å²) in [6, 6.07) is 0. The number of anilines is 1. The van der Waals surface area contributed by atoms with E-state index in [9.17, 15) is 0 Å². The van der Waals surface area contributed by atoms with E-state index in [1.807, 2.05) is 13.8 Å². The van der Waals surface area contributed by atoms with Gasteiger partial charge in [0.2, 0.25) is 5.95 Å². The topological polar surface area (TPSA) is 50.7 Å². The van der Waals surface area contributed by atoms with Gasteiger partial charge in [-0.3, -0.25) is 0 Å². The average Bonchev–Trinajstić information content (AvgIpc) is 2.12. The number of hydrogen-bond acceptors (Lipinski definition) is 4. The number of halogens is 1. The molecule has 0 aromatic carbocycles. The summed E-state index contributed by atoms with van der Waals surface area (Å²) in [5, 5.41) is 10.9. The van der Waals surface area contributed by atoms with E-state index < -0.39 is 0 Å². The highest BCUT2D eigenvalue weighted by atomic mass is 35.5. The molecular formula is C8H13ClN4. The van der Waals surface area contributed by atoms with E-state index in [-0.39, 0.29) is 0 Å². The van der Waals surface area contributed by atoms with Crippen LogP contribution in [0.25, 0.3) is 0 Å². The molecule has 0 unspecified atom stereocenters. The van der Waals surface area contributed by atoms with E-state index in [0.717, 1.165) is 24.4 Å². The van der Waals surface area contributed by atoms with E-state index >= 15 is 0 Å². The van der Waals surface area contributed by atoms with Gasteiger partial charge in [-0.15, -0.1) is 16.7 Å². The summed E-state index contributed by atoms with van der Waals surface area (Å²) in [7, 11) is 0. The first kappa shape index (κ1) is 10.2. The Labute approximate surface area is 82.7 Å². The van der Waals surface area contributed by atoms with Crippen molar-refractivity contribution in [3.8, 4) is 0 Å². The quantitative estimate of drug-likeness (QED) is 0.592. The van der Waals surface area contributed by atoms with Crippen LogP contribution in [-0.2, 0) is 0 Å². The van der Waals surface area contributed by atoms with Crippen molar-refractivity contribution >= 4 is 17.5 Å². The Hall–Kier alpha value is -0.900. The summed E-state index contributed by atoms with van der Waals surface area (Å²) in [5.41, 5.74) is 1.77. The van der Waals surface area contributed by atoms with Gasteiger partial charge in [0.15, 0.2) is 0 Å². The molecule has 0 spiro atoms. The van der Waals surface area contributed by atoms with Gasteiger partial charge in [-0.1, -0.05) is 0 Å². The van der Waals surface area contributed by atoms with Gasteiger partial charge in [-0.2, -0.15) is 5.10 Å². The van der Waals surface area contributed by atoms with E-state index in [1.165, 1.54) is 0 Å². The monoisotopic (exact) mass is 200 g/mol. The normalized spacial score (nSPS) is 10.1. The van der Waals surface area contributed by atoms with Crippen molar-refractivity contribution < 1.29 is 0 Å². The number of nitrogens with one attached hydrogen (secondary N) is 1. The van der Waals surface area contributed by atoms with Crippen LogP contribution in [0.3, 0.4) is 0 Å². The van der Waals surface area contributed by atoms with Gasteiger partial charge in [0.1, 0.15) is 0 Å². The summed E-state index contributed by atoms with van der Waals surface area (Å²) in [5.74, 6) is 1.22. The summed E-state index contributed by atoms with van der Waals surface area (Å²) < 4.78 is 0. The highest BCUT2D eigenvalue weighted by molar-refractivity contribution is 6.17. The first-order chi connectivity index (χ1) is 6.24. The molecule has 5 heteroatoms. The van der Waals surface area contributed by atoms with Crippen molar-refractivity contribution in [1.29, 1.82) is 0 Å². The third kappa shape index (κ3) is 3.14. The van der Waals surface area contributed by atoms with Gasteiger partial charge in [-0.25, -0.2) is 4.98 Å². The SMILES string of the molecule is Cc1nnc(NCCCCl)nc1C. The number of rotatable bonds is 4. The Balaban J connectivity index is 2.53. The van der Waals surface area contributed by atoms with Crippen LogP contribution >= 0.6 is 11.6 Å². The Kier molecular flexibility index (Phi) is 3.89. The van der Waals surface area contributed by atoms with E-state index in [1.54, 1.807) is 0 Å². The molecule has 1 rings (SSSR count). The maximum Gasteiger partial charge on any atom is 0.242 e. The first-order valence-electron chi connectivity index (χ1n) is 4.22. The van der Waals surface area contributed by atoms with Crippen LogP contribution in [0.2, 0.25) is 0 Å². The van der Waals surface area contributed by atoms with Gasteiger partial charge < -0.3 is 5.32 Å². The molecule has 13 heavy (non-hydrogen) atoms. The standard InChI is InChI=1S/C8H13ClN4/c1-6-7(2)12-13-8(11-6)10-5-3-4-9/h3-5H2,1-2H3,(H,10,11,13). The minimum atomic E-state index is 0.577. The van der Waals surface area contributed by atoms with Crippen LogP contribution in [0.1, 0.15) is 17.8 Å². The lowest BCUT2D eigenvalue weighted by Crippen LogP contribution is -2.08. The number of nitrogens with zero attached hydrogens (tertiary/aromatic N) is 3. The molecule has 0 bridgehead atoms. The van der Waals surface area contributed by atoms with Gasteiger partial charge in [0.25, 0.3) is 0 Å². The smallest absolute Gasteiger partial charge is 0.242 e. The second-order valence-corrected chi connectivity index (χ2v) is 3.15. The first-order valence-corrected chi connectivity index (χ1v) is 4.75. The van der Waals surface area contributed by atoms with Crippen LogP contribution < -0.4 is 5.32 Å². The molecule has 0 aliphatic heterocycles. The molecule has 0 saturated heterocycles. The van der Waals surface area contributed by atoms with E-state index in [2.05, 4.69) is 20.5 Å².